The molecule has 0 spiro atoms. The van der Waals surface area contributed by atoms with Crippen LogP contribution in [0.3, 0.4) is 0 Å². The predicted octanol–water partition coefficient (Wildman–Crippen LogP) is 4.75. The average Bonchev–Trinajstić information content (AvgIpc) is 2.64. The molecule has 0 radical (unpaired) electrons. The van der Waals surface area contributed by atoms with Crippen LogP contribution in [0.2, 0.25) is 0 Å². The van der Waals surface area contributed by atoms with Crippen molar-refractivity contribution < 1.29 is 8.42 Å². The fraction of sp³-hybridized carbons (Fsp3) is 0.150. The van der Waals surface area contributed by atoms with E-state index in [1.807, 2.05) is 42.5 Å². The standard InChI is InChI=1S/C20H21N3O2S/c1-15(2)16-8-11-19(12-9-16)26(24,25)23-18-10-13-20(21-14-18)22-17-6-4-3-5-7-17/h3-15,23H,1-2H3,(H,21,22). The SMILES string of the molecule is CC(C)c1ccc(S(=O)(=O)Nc2ccc(Nc3ccccc3)nc2)cc1. The lowest BCUT2D eigenvalue weighted by Crippen LogP contribution is -2.13. The Labute approximate surface area is 154 Å². The van der Waals surface area contributed by atoms with Crippen molar-refractivity contribution in [1.82, 2.24) is 4.98 Å². The fourth-order valence-electron chi connectivity index (χ4n) is 2.44. The number of hydrogen-bond acceptors (Lipinski definition) is 4. The van der Waals surface area contributed by atoms with E-state index >= 15 is 0 Å². The molecule has 0 saturated carbocycles. The molecular formula is C20H21N3O2S. The Morgan fingerprint density at radius 1 is 0.846 bits per heavy atom. The summed E-state index contributed by atoms with van der Waals surface area (Å²) in [6, 6.07) is 20.0. The first-order valence-corrected chi connectivity index (χ1v) is 9.83. The zero-order chi connectivity index (χ0) is 18.6. The second-order valence-electron chi connectivity index (χ2n) is 6.25. The molecule has 26 heavy (non-hydrogen) atoms. The van der Waals surface area contributed by atoms with E-state index < -0.39 is 10.0 Å². The Morgan fingerprint density at radius 2 is 1.54 bits per heavy atom. The summed E-state index contributed by atoms with van der Waals surface area (Å²) in [6.45, 7) is 4.14. The highest BCUT2D eigenvalue weighted by atomic mass is 32.2. The van der Waals surface area contributed by atoms with Crippen molar-refractivity contribution in [2.75, 3.05) is 10.0 Å². The summed E-state index contributed by atoms with van der Waals surface area (Å²) in [5.41, 5.74) is 2.43. The number of rotatable bonds is 6. The van der Waals surface area contributed by atoms with Crippen LogP contribution in [0.15, 0.2) is 77.8 Å². The molecule has 2 N–H and O–H groups in total. The minimum absolute atomic E-state index is 0.230. The van der Waals surface area contributed by atoms with Gasteiger partial charge in [-0.15, -0.1) is 0 Å². The Morgan fingerprint density at radius 3 is 2.12 bits per heavy atom. The van der Waals surface area contributed by atoms with Gasteiger partial charge in [0.15, 0.2) is 0 Å². The van der Waals surface area contributed by atoms with Crippen molar-refractivity contribution in [3.63, 3.8) is 0 Å². The van der Waals surface area contributed by atoms with E-state index in [0.29, 0.717) is 17.4 Å². The molecule has 0 unspecified atom stereocenters. The van der Waals surface area contributed by atoms with E-state index in [4.69, 9.17) is 0 Å². The van der Waals surface area contributed by atoms with Gasteiger partial charge >= 0.3 is 0 Å². The van der Waals surface area contributed by atoms with Gasteiger partial charge in [0.05, 0.1) is 16.8 Å². The lowest BCUT2D eigenvalue weighted by Gasteiger charge is -2.11. The molecule has 5 nitrogen and oxygen atoms in total. The van der Waals surface area contributed by atoms with E-state index in [1.54, 1.807) is 24.3 Å². The van der Waals surface area contributed by atoms with Gasteiger partial charge in [0.1, 0.15) is 5.82 Å². The Balaban J connectivity index is 1.71. The number of para-hydroxylation sites is 1. The molecule has 1 aromatic heterocycles. The van der Waals surface area contributed by atoms with E-state index in [0.717, 1.165) is 11.3 Å². The molecule has 0 bridgehead atoms. The fourth-order valence-corrected chi connectivity index (χ4v) is 3.49. The predicted molar refractivity (Wildman–Crippen MR) is 105 cm³/mol. The quantitative estimate of drug-likeness (QED) is 0.659. The molecule has 0 aliphatic rings. The molecule has 2 aromatic carbocycles. The molecule has 3 rings (SSSR count). The lowest BCUT2D eigenvalue weighted by atomic mass is 10.0. The van der Waals surface area contributed by atoms with Crippen molar-refractivity contribution in [3.05, 3.63) is 78.5 Å². The highest BCUT2D eigenvalue weighted by Crippen LogP contribution is 2.21. The number of nitrogens with zero attached hydrogens (tertiary/aromatic N) is 1. The molecule has 0 aliphatic heterocycles. The average molecular weight is 367 g/mol. The highest BCUT2D eigenvalue weighted by Gasteiger charge is 2.14. The molecule has 0 atom stereocenters. The van der Waals surface area contributed by atoms with Crippen LogP contribution in [-0.2, 0) is 10.0 Å². The minimum atomic E-state index is -3.64. The van der Waals surface area contributed by atoms with Gasteiger partial charge in [-0.25, -0.2) is 13.4 Å². The molecule has 0 aliphatic carbocycles. The largest absolute Gasteiger partial charge is 0.340 e. The van der Waals surface area contributed by atoms with Crippen LogP contribution in [0.4, 0.5) is 17.2 Å². The first kappa shape index (κ1) is 17.9. The minimum Gasteiger partial charge on any atom is -0.340 e. The Hall–Kier alpha value is -2.86. The number of sulfonamides is 1. The number of benzene rings is 2. The van der Waals surface area contributed by atoms with Crippen molar-refractivity contribution >= 4 is 27.2 Å². The summed E-state index contributed by atoms with van der Waals surface area (Å²) < 4.78 is 27.6. The normalized spacial score (nSPS) is 11.3. The van der Waals surface area contributed by atoms with E-state index in [9.17, 15) is 8.42 Å². The molecular weight excluding hydrogens is 346 g/mol. The van der Waals surface area contributed by atoms with Crippen LogP contribution in [0.1, 0.15) is 25.3 Å². The molecule has 3 aromatic rings. The second-order valence-corrected chi connectivity index (χ2v) is 7.93. The van der Waals surface area contributed by atoms with Gasteiger partial charge in [-0.05, 0) is 47.9 Å². The van der Waals surface area contributed by atoms with Crippen molar-refractivity contribution in [2.24, 2.45) is 0 Å². The zero-order valence-corrected chi connectivity index (χ0v) is 15.5. The van der Waals surface area contributed by atoms with Gasteiger partial charge < -0.3 is 5.32 Å². The van der Waals surface area contributed by atoms with Crippen LogP contribution in [0.5, 0.6) is 0 Å². The Bertz CT molecular complexity index is 952. The monoisotopic (exact) mass is 367 g/mol. The third-order valence-corrected chi connectivity index (χ3v) is 5.32. The number of hydrogen-bond donors (Lipinski definition) is 2. The highest BCUT2D eigenvalue weighted by molar-refractivity contribution is 7.92. The van der Waals surface area contributed by atoms with Gasteiger partial charge in [0.2, 0.25) is 0 Å². The molecule has 134 valence electrons. The summed E-state index contributed by atoms with van der Waals surface area (Å²) >= 11 is 0. The van der Waals surface area contributed by atoms with Crippen LogP contribution < -0.4 is 10.0 Å². The van der Waals surface area contributed by atoms with Crippen LogP contribution in [0.25, 0.3) is 0 Å². The summed E-state index contributed by atoms with van der Waals surface area (Å²) in [6.07, 6.45) is 1.49. The number of aromatic nitrogens is 1. The lowest BCUT2D eigenvalue weighted by molar-refractivity contribution is 0.601. The smallest absolute Gasteiger partial charge is 0.261 e. The zero-order valence-electron chi connectivity index (χ0n) is 14.7. The van der Waals surface area contributed by atoms with Gasteiger partial charge in [0, 0.05) is 5.69 Å². The van der Waals surface area contributed by atoms with E-state index in [2.05, 4.69) is 28.9 Å². The first-order valence-electron chi connectivity index (χ1n) is 8.35. The number of pyridine rings is 1. The molecule has 0 amide bonds. The van der Waals surface area contributed by atoms with Gasteiger partial charge in [0.25, 0.3) is 10.0 Å². The molecule has 6 heteroatoms. The maximum atomic E-state index is 12.5. The third-order valence-electron chi connectivity index (χ3n) is 3.92. The third kappa shape index (κ3) is 4.40. The molecule has 0 saturated heterocycles. The maximum Gasteiger partial charge on any atom is 0.261 e. The number of anilines is 3. The van der Waals surface area contributed by atoms with E-state index in [-0.39, 0.29) is 4.90 Å². The number of nitrogens with one attached hydrogen (secondary N) is 2. The van der Waals surface area contributed by atoms with Crippen molar-refractivity contribution in [1.29, 1.82) is 0 Å². The molecule has 1 heterocycles. The maximum absolute atomic E-state index is 12.5. The van der Waals surface area contributed by atoms with Gasteiger partial charge in [-0.3, -0.25) is 4.72 Å². The summed E-state index contributed by atoms with van der Waals surface area (Å²) in [7, 11) is -3.64. The van der Waals surface area contributed by atoms with Crippen molar-refractivity contribution in [3.8, 4) is 0 Å². The van der Waals surface area contributed by atoms with Crippen molar-refractivity contribution in [2.45, 2.75) is 24.7 Å². The topological polar surface area (TPSA) is 71.1 Å². The van der Waals surface area contributed by atoms with Crippen LogP contribution in [-0.4, -0.2) is 13.4 Å². The second kappa shape index (κ2) is 7.58. The summed E-state index contributed by atoms with van der Waals surface area (Å²) in [5.74, 6) is 0.994. The van der Waals surface area contributed by atoms with Gasteiger partial charge in [-0.1, -0.05) is 44.2 Å². The Kier molecular flexibility index (Phi) is 5.23. The van der Waals surface area contributed by atoms with E-state index in [1.165, 1.54) is 6.20 Å². The van der Waals surface area contributed by atoms with Crippen LogP contribution in [0, 0.1) is 0 Å². The summed E-state index contributed by atoms with van der Waals surface area (Å²) in [4.78, 5) is 4.48. The van der Waals surface area contributed by atoms with Gasteiger partial charge in [-0.2, -0.15) is 0 Å². The molecule has 0 fully saturated rings. The van der Waals surface area contributed by atoms with Crippen LogP contribution >= 0.6 is 0 Å². The summed E-state index contributed by atoms with van der Waals surface area (Å²) in [5, 5.41) is 3.15. The first-order chi connectivity index (χ1) is 12.4.